The average molecular weight is 388 g/mol. The first-order valence-corrected chi connectivity index (χ1v) is 8.85. The second-order valence-electron chi connectivity index (χ2n) is 7.08. The smallest absolute Gasteiger partial charge is 0.201 e. The minimum absolute atomic E-state index is 0.0292. The fourth-order valence-electron chi connectivity index (χ4n) is 4.18. The number of phenols is 2. The Kier molecular flexibility index (Phi) is 4.60. The molecule has 5 atom stereocenters. The highest BCUT2D eigenvalue weighted by Gasteiger charge is 2.49. The molecular formula is C20H20O8. The highest BCUT2D eigenvalue weighted by molar-refractivity contribution is 6.16. The van der Waals surface area contributed by atoms with E-state index in [0.29, 0.717) is 11.1 Å². The molecule has 0 unspecified atom stereocenters. The van der Waals surface area contributed by atoms with Crippen molar-refractivity contribution in [1.29, 1.82) is 0 Å². The van der Waals surface area contributed by atoms with E-state index in [-0.39, 0.29) is 22.6 Å². The predicted molar refractivity (Wildman–Crippen MR) is 95.3 cm³/mol. The van der Waals surface area contributed by atoms with Gasteiger partial charge in [0.15, 0.2) is 0 Å². The number of fused-ring (bicyclic) bond motifs is 2. The number of benzene rings is 2. The Hall–Kier alpha value is -2.49. The Bertz CT molecular complexity index is 869. The quantitative estimate of drug-likeness (QED) is 0.408. The molecule has 0 amide bonds. The van der Waals surface area contributed by atoms with Gasteiger partial charge in [-0.1, -0.05) is 24.3 Å². The van der Waals surface area contributed by atoms with E-state index in [9.17, 15) is 35.4 Å². The summed E-state index contributed by atoms with van der Waals surface area (Å²) in [4.78, 5) is 12.9. The van der Waals surface area contributed by atoms with Crippen molar-refractivity contribution in [1.82, 2.24) is 0 Å². The summed E-state index contributed by atoms with van der Waals surface area (Å²) >= 11 is 0. The van der Waals surface area contributed by atoms with E-state index >= 15 is 0 Å². The first kappa shape index (κ1) is 18.9. The standard InChI is InChI=1S/C20H20O8/c21-7-12-16(24)18(26)19(27)20(28-12)13-8-3-1-5-10(22)14(8)17(25)15-9(13)4-2-6-11(15)23/h1-6,12-13,16,18-24,26-27H,7H2/t12-,16-,18+,19-,20+/m1/s1. The number of ketones is 1. The van der Waals surface area contributed by atoms with Crippen LogP contribution in [-0.4, -0.2) is 73.5 Å². The van der Waals surface area contributed by atoms with Gasteiger partial charge in [-0.2, -0.15) is 0 Å². The van der Waals surface area contributed by atoms with Crippen LogP contribution in [0.15, 0.2) is 36.4 Å². The number of aliphatic hydroxyl groups excluding tert-OH is 4. The normalized spacial score (nSPS) is 30.0. The molecule has 0 spiro atoms. The molecule has 6 N–H and O–H groups in total. The fraction of sp³-hybridized carbons (Fsp3) is 0.350. The summed E-state index contributed by atoms with van der Waals surface area (Å²) in [7, 11) is 0. The molecule has 1 aliphatic carbocycles. The zero-order chi connectivity index (χ0) is 20.2. The van der Waals surface area contributed by atoms with Crippen LogP contribution in [0, 0.1) is 0 Å². The maximum Gasteiger partial charge on any atom is 0.201 e. The molecule has 28 heavy (non-hydrogen) atoms. The molecule has 8 heteroatoms. The summed E-state index contributed by atoms with van der Waals surface area (Å²) in [5.41, 5.74) is 0.650. The van der Waals surface area contributed by atoms with Crippen molar-refractivity contribution in [2.75, 3.05) is 6.61 Å². The maximum atomic E-state index is 12.9. The first-order chi connectivity index (χ1) is 13.4. The van der Waals surface area contributed by atoms with Crippen molar-refractivity contribution in [3.05, 3.63) is 58.7 Å². The third-order valence-electron chi connectivity index (χ3n) is 5.53. The third-order valence-corrected chi connectivity index (χ3v) is 5.53. The molecule has 1 heterocycles. The molecule has 0 bridgehead atoms. The second kappa shape index (κ2) is 6.84. The van der Waals surface area contributed by atoms with Gasteiger partial charge in [0.25, 0.3) is 0 Å². The molecule has 1 aliphatic heterocycles. The zero-order valence-corrected chi connectivity index (χ0v) is 14.6. The second-order valence-corrected chi connectivity index (χ2v) is 7.08. The molecular weight excluding hydrogens is 368 g/mol. The van der Waals surface area contributed by atoms with Crippen LogP contribution in [0.1, 0.15) is 33.0 Å². The van der Waals surface area contributed by atoms with Crippen LogP contribution < -0.4 is 0 Å². The molecule has 1 fully saturated rings. The van der Waals surface area contributed by atoms with E-state index in [1.165, 1.54) is 24.3 Å². The molecule has 2 aliphatic rings. The molecule has 0 aromatic heterocycles. The summed E-state index contributed by atoms with van der Waals surface area (Å²) in [5.74, 6) is -1.98. The predicted octanol–water partition coefficient (Wildman–Crippen LogP) is -0.384. The molecule has 0 radical (unpaired) electrons. The van der Waals surface area contributed by atoms with Gasteiger partial charge in [-0.15, -0.1) is 0 Å². The van der Waals surface area contributed by atoms with Crippen LogP contribution in [0.5, 0.6) is 11.5 Å². The van der Waals surface area contributed by atoms with Crippen LogP contribution in [-0.2, 0) is 4.74 Å². The SMILES string of the molecule is O=C1c2c(O)cccc2C([C@@H]2O[C@H](CO)[C@@H](O)[C@H](O)[C@H]2O)c2cccc(O)c21. The van der Waals surface area contributed by atoms with Gasteiger partial charge in [0.1, 0.15) is 35.9 Å². The minimum Gasteiger partial charge on any atom is -0.507 e. The molecule has 148 valence electrons. The van der Waals surface area contributed by atoms with E-state index in [1.807, 2.05) is 0 Å². The summed E-state index contributed by atoms with van der Waals surface area (Å²) in [6, 6.07) is 8.93. The van der Waals surface area contributed by atoms with E-state index in [1.54, 1.807) is 12.1 Å². The lowest BCUT2D eigenvalue weighted by molar-refractivity contribution is -0.232. The van der Waals surface area contributed by atoms with Crippen molar-refractivity contribution in [3.8, 4) is 11.5 Å². The van der Waals surface area contributed by atoms with E-state index < -0.39 is 48.8 Å². The number of ether oxygens (including phenoxy) is 1. The Balaban J connectivity index is 1.93. The minimum atomic E-state index is -1.59. The third kappa shape index (κ3) is 2.61. The van der Waals surface area contributed by atoms with Gasteiger partial charge < -0.3 is 35.4 Å². The van der Waals surface area contributed by atoms with Crippen LogP contribution in [0.2, 0.25) is 0 Å². The highest BCUT2D eigenvalue weighted by atomic mass is 16.5. The number of aliphatic hydroxyl groups is 4. The maximum absolute atomic E-state index is 12.9. The Morgan fingerprint density at radius 3 is 1.86 bits per heavy atom. The lowest BCUT2D eigenvalue weighted by atomic mass is 9.71. The number of rotatable bonds is 2. The lowest BCUT2D eigenvalue weighted by Gasteiger charge is -2.44. The number of carbonyl (C=O) groups excluding carboxylic acids is 1. The highest BCUT2D eigenvalue weighted by Crippen LogP contribution is 2.46. The van der Waals surface area contributed by atoms with Gasteiger partial charge in [0, 0.05) is 5.92 Å². The van der Waals surface area contributed by atoms with Gasteiger partial charge in [-0.25, -0.2) is 0 Å². The number of hydrogen-bond donors (Lipinski definition) is 6. The topological polar surface area (TPSA) is 148 Å². The van der Waals surface area contributed by atoms with E-state index in [4.69, 9.17) is 4.74 Å². The van der Waals surface area contributed by atoms with Gasteiger partial charge in [0.05, 0.1) is 23.8 Å². The molecule has 0 saturated carbocycles. The summed E-state index contributed by atoms with van der Waals surface area (Å²) < 4.78 is 5.71. The number of carbonyl (C=O) groups is 1. The van der Waals surface area contributed by atoms with Crippen LogP contribution in [0.25, 0.3) is 0 Å². The molecule has 2 aromatic rings. The Morgan fingerprint density at radius 2 is 1.36 bits per heavy atom. The number of aromatic hydroxyl groups is 2. The Morgan fingerprint density at radius 1 is 0.821 bits per heavy atom. The van der Waals surface area contributed by atoms with Gasteiger partial charge >= 0.3 is 0 Å². The van der Waals surface area contributed by atoms with Gasteiger partial charge in [0.2, 0.25) is 5.78 Å². The van der Waals surface area contributed by atoms with E-state index in [0.717, 1.165) is 0 Å². The van der Waals surface area contributed by atoms with Crippen LogP contribution >= 0.6 is 0 Å². The van der Waals surface area contributed by atoms with Crippen molar-refractivity contribution in [2.24, 2.45) is 0 Å². The van der Waals surface area contributed by atoms with Gasteiger partial charge in [-0.05, 0) is 23.3 Å². The Labute approximate surface area is 159 Å². The van der Waals surface area contributed by atoms with Crippen molar-refractivity contribution in [2.45, 2.75) is 36.4 Å². The van der Waals surface area contributed by atoms with Crippen molar-refractivity contribution in [3.63, 3.8) is 0 Å². The summed E-state index contributed by atoms with van der Waals surface area (Å²) in [5, 5.41) is 60.9. The zero-order valence-electron chi connectivity index (χ0n) is 14.6. The fourth-order valence-corrected chi connectivity index (χ4v) is 4.18. The van der Waals surface area contributed by atoms with Crippen molar-refractivity contribution >= 4 is 5.78 Å². The number of phenolic OH excluding ortho intramolecular Hbond substituents is 2. The summed E-state index contributed by atoms with van der Waals surface area (Å²) in [6.45, 7) is -0.590. The first-order valence-electron chi connectivity index (χ1n) is 8.85. The molecule has 4 rings (SSSR count). The average Bonchev–Trinajstić information content (AvgIpc) is 2.67. The molecule has 1 saturated heterocycles. The van der Waals surface area contributed by atoms with Crippen LogP contribution in [0.4, 0.5) is 0 Å². The van der Waals surface area contributed by atoms with E-state index in [2.05, 4.69) is 0 Å². The number of hydrogen-bond acceptors (Lipinski definition) is 8. The molecule has 8 nitrogen and oxygen atoms in total. The van der Waals surface area contributed by atoms with Crippen molar-refractivity contribution < 1.29 is 40.2 Å². The lowest BCUT2D eigenvalue weighted by Crippen LogP contribution is -2.60. The molecule has 2 aromatic carbocycles. The summed E-state index contributed by atoms with van der Waals surface area (Å²) in [6.07, 6.45) is -6.92. The largest absolute Gasteiger partial charge is 0.507 e. The monoisotopic (exact) mass is 388 g/mol. The van der Waals surface area contributed by atoms with Crippen LogP contribution in [0.3, 0.4) is 0 Å². The van der Waals surface area contributed by atoms with Gasteiger partial charge in [-0.3, -0.25) is 4.79 Å².